The monoisotopic (exact) mass is 287 g/mol. The number of hydrogen-bond donors (Lipinski definition) is 0. The van der Waals surface area contributed by atoms with Crippen molar-refractivity contribution < 1.29 is 22.6 Å². The van der Waals surface area contributed by atoms with E-state index in [1.54, 1.807) is 12.1 Å². The van der Waals surface area contributed by atoms with Crippen molar-refractivity contribution in [3.8, 4) is 0 Å². The van der Waals surface area contributed by atoms with Gasteiger partial charge in [0.05, 0.1) is 13.2 Å². The summed E-state index contributed by atoms with van der Waals surface area (Å²) in [7, 11) is 4.74. The summed E-state index contributed by atoms with van der Waals surface area (Å²) in [6.07, 6.45) is -6.60. The molecule has 1 aromatic rings. The average Bonchev–Trinajstić information content (AvgIpc) is 2.41. The van der Waals surface area contributed by atoms with Crippen molar-refractivity contribution in [2.75, 3.05) is 26.3 Å². The van der Waals surface area contributed by atoms with E-state index in [4.69, 9.17) is 11.8 Å². The maximum Gasteiger partial charge on any atom is 0.418 e. The van der Waals surface area contributed by atoms with Gasteiger partial charge in [0.1, 0.15) is 7.11 Å². The van der Waals surface area contributed by atoms with E-state index in [2.05, 4.69) is 9.64 Å². The highest BCUT2D eigenvalue weighted by Crippen LogP contribution is 2.35. The number of halogens is 3. The van der Waals surface area contributed by atoms with E-state index in [9.17, 15) is 13.2 Å². The summed E-state index contributed by atoms with van der Waals surface area (Å²) in [5.74, 6) is 0. The Morgan fingerprint density at radius 3 is 2.30 bits per heavy atom. The molecule has 110 valence electrons. The third-order valence-corrected chi connectivity index (χ3v) is 3.23. The van der Waals surface area contributed by atoms with Gasteiger partial charge in [-0.05, 0) is 11.1 Å². The van der Waals surface area contributed by atoms with Crippen molar-refractivity contribution >= 4 is 0 Å². The fourth-order valence-corrected chi connectivity index (χ4v) is 2.16. The summed E-state index contributed by atoms with van der Waals surface area (Å²) in [6.45, 7) is 3.74. The van der Waals surface area contributed by atoms with Crippen LogP contribution >= 0.6 is 0 Å². The van der Waals surface area contributed by atoms with Crippen LogP contribution in [0.1, 0.15) is 17.2 Å². The third-order valence-electron chi connectivity index (χ3n) is 3.23. The lowest BCUT2D eigenvalue weighted by molar-refractivity contribution is -0.209. The molecule has 1 aliphatic rings. The van der Waals surface area contributed by atoms with Crippen LogP contribution in [0.15, 0.2) is 24.3 Å². The molecule has 1 aliphatic heterocycles. The molecular weight excluding hydrogens is 271 g/mol. The Morgan fingerprint density at radius 2 is 1.80 bits per heavy atom. The molecule has 1 saturated heterocycles. The molecule has 1 heterocycles. The van der Waals surface area contributed by atoms with Gasteiger partial charge in [0.2, 0.25) is 0 Å². The normalized spacial score (nSPS) is 19.0. The second-order valence-electron chi connectivity index (χ2n) is 4.69. The van der Waals surface area contributed by atoms with Crippen LogP contribution in [0.2, 0.25) is 0 Å². The number of hydrogen-bond acceptors (Lipinski definition) is 3. The molecule has 0 aliphatic carbocycles. The second kappa shape index (κ2) is 6.56. The predicted molar refractivity (Wildman–Crippen MR) is 66.7 cm³/mol. The first kappa shape index (κ1) is 15.3. The van der Waals surface area contributed by atoms with Crippen LogP contribution < -0.4 is 0 Å². The highest BCUT2D eigenvalue weighted by molar-refractivity contribution is 5.25. The van der Waals surface area contributed by atoms with Crippen molar-refractivity contribution in [2.45, 2.75) is 18.8 Å². The Hall–Kier alpha value is -1.11. The zero-order valence-electron chi connectivity index (χ0n) is 10.9. The van der Waals surface area contributed by atoms with Gasteiger partial charge in [-0.3, -0.25) is 4.90 Å². The van der Waals surface area contributed by atoms with E-state index in [0.717, 1.165) is 18.7 Å². The number of alkyl halides is 3. The quantitative estimate of drug-likeness (QED) is 0.850. The van der Waals surface area contributed by atoms with Crippen LogP contribution in [0.25, 0.3) is 0 Å². The largest absolute Gasteiger partial charge is 0.418 e. The smallest absolute Gasteiger partial charge is 0.379 e. The topological polar surface area (TPSA) is 21.7 Å². The van der Waals surface area contributed by atoms with Crippen molar-refractivity contribution in [1.82, 2.24) is 4.90 Å². The minimum absolute atomic E-state index is 0.00530. The summed E-state index contributed by atoms with van der Waals surface area (Å²) < 4.78 is 47.2. The van der Waals surface area contributed by atoms with Crippen LogP contribution in [0.5, 0.6) is 0 Å². The lowest BCUT2D eigenvalue weighted by Gasteiger charge is -2.26. The number of morpholine rings is 1. The zero-order chi connectivity index (χ0) is 14.6. The Bertz CT molecular complexity index is 413. The number of benzene rings is 1. The van der Waals surface area contributed by atoms with Gasteiger partial charge in [0.15, 0.2) is 6.10 Å². The summed E-state index contributed by atoms with van der Waals surface area (Å²) >= 11 is 0. The highest BCUT2D eigenvalue weighted by Gasteiger charge is 2.41. The van der Waals surface area contributed by atoms with Gasteiger partial charge in [-0.1, -0.05) is 24.3 Å². The fraction of sp³-hybridized carbons (Fsp3) is 0.500. The van der Waals surface area contributed by atoms with Crippen LogP contribution in [0.3, 0.4) is 0 Å². The lowest BCUT2D eigenvalue weighted by Crippen LogP contribution is -2.35. The molecular formula is C14H16F3NO2. The van der Waals surface area contributed by atoms with Gasteiger partial charge >= 0.3 is 6.18 Å². The van der Waals surface area contributed by atoms with Crippen LogP contribution in [0, 0.1) is 7.11 Å². The van der Waals surface area contributed by atoms with E-state index in [-0.39, 0.29) is 5.56 Å². The lowest BCUT2D eigenvalue weighted by atomic mass is 10.1. The third kappa shape index (κ3) is 3.94. The van der Waals surface area contributed by atoms with Crippen molar-refractivity contribution in [2.24, 2.45) is 0 Å². The van der Waals surface area contributed by atoms with Crippen molar-refractivity contribution in [3.63, 3.8) is 0 Å². The number of nitrogens with zero attached hydrogens (tertiary/aromatic N) is 1. The van der Waals surface area contributed by atoms with Gasteiger partial charge in [-0.15, -0.1) is 0 Å². The molecule has 0 spiro atoms. The SMILES string of the molecule is [CH]OC(c1ccc(CN2CCOCC2)cc1)C(F)(F)F. The Kier molecular flexibility index (Phi) is 5.01. The highest BCUT2D eigenvalue weighted by atomic mass is 19.4. The molecule has 0 N–H and O–H groups in total. The molecule has 0 bridgehead atoms. The first-order valence-corrected chi connectivity index (χ1v) is 6.32. The minimum Gasteiger partial charge on any atom is -0.379 e. The predicted octanol–water partition coefficient (Wildman–Crippen LogP) is 2.81. The summed E-state index contributed by atoms with van der Waals surface area (Å²) in [5.41, 5.74) is 0.958. The Morgan fingerprint density at radius 1 is 1.20 bits per heavy atom. The molecule has 2 rings (SSSR count). The van der Waals surface area contributed by atoms with E-state index in [1.807, 2.05) is 0 Å². The van der Waals surface area contributed by atoms with Gasteiger partial charge in [0, 0.05) is 19.6 Å². The Labute approximate surface area is 116 Å². The molecule has 1 atom stereocenters. The molecule has 6 heteroatoms. The fourth-order valence-electron chi connectivity index (χ4n) is 2.16. The second-order valence-corrected chi connectivity index (χ2v) is 4.69. The van der Waals surface area contributed by atoms with Gasteiger partial charge in [-0.2, -0.15) is 13.2 Å². The molecule has 2 radical (unpaired) electrons. The summed E-state index contributed by atoms with van der Waals surface area (Å²) in [5, 5.41) is 0. The first-order valence-electron chi connectivity index (χ1n) is 6.32. The van der Waals surface area contributed by atoms with Crippen molar-refractivity contribution in [3.05, 3.63) is 42.5 Å². The zero-order valence-corrected chi connectivity index (χ0v) is 10.9. The molecule has 0 amide bonds. The van der Waals surface area contributed by atoms with Crippen LogP contribution in [0.4, 0.5) is 13.2 Å². The van der Waals surface area contributed by atoms with Crippen molar-refractivity contribution in [1.29, 1.82) is 0 Å². The van der Waals surface area contributed by atoms with Gasteiger partial charge in [0.25, 0.3) is 0 Å². The first-order chi connectivity index (χ1) is 9.50. The van der Waals surface area contributed by atoms with E-state index >= 15 is 0 Å². The summed E-state index contributed by atoms with van der Waals surface area (Å²) in [4.78, 5) is 2.19. The molecule has 1 unspecified atom stereocenters. The maximum absolute atomic E-state index is 12.7. The van der Waals surface area contributed by atoms with Crippen LogP contribution in [-0.4, -0.2) is 37.4 Å². The number of ether oxygens (including phenoxy) is 2. The minimum atomic E-state index is -4.51. The maximum atomic E-state index is 12.7. The van der Waals surface area contributed by atoms with E-state index < -0.39 is 12.3 Å². The molecule has 0 saturated carbocycles. The molecule has 1 fully saturated rings. The molecule has 3 nitrogen and oxygen atoms in total. The average molecular weight is 287 g/mol. The molecule has 0 aromatic heterocycles. The van der Waals surface area contributed by atoms with E-state index in [0.29, 0.717) is 19.8 Å². The van der Waals surface area contributed by atoms with Crippen LogP contribution in [-0.2, 0) is 16.0 Å². The number of rotatable bonds is 4. The standard InChI is InChI=1S/C14H16F3NO2/c1-19-13(14(15,16)17)12-4-2-11(3-5-12)10-18-6-8-20-9-7-18/h1-5,13H,6-10H2. The van der Waals surface area contributed by atoms with E-state index in [1.165, 1.54) is 12.1 Å². The molecule has 20 heavy (non-hydrogen) atoms. The summed E-state index contributed by atoms with van der Waals surface area (Å²) in [6, 6.07) is 6.15. The van der Waals surface area contributed by atoms with Gasteiger partial charge in [-0.25, -0.2) is 0 Å². The Balaban J connectivity index is 2.01. The van der Waals surface area contributed by atoms with Gasteiger partial charge < -0.3 is 9.47 Å². The molecule has 1 aromatic carbocycles.